The van der Waals surface area contributed by atoms with Gasteiger partial charge >= 0.3 is 0 Å². The number of benzene rings is 1. The Kier molecular flexibility index (Phi) is 4.45. The van der Waals surface area contributed by atoms with Crippen LogP contribution in [0.5, 0.6) is 0 Å². The second-order valence-corrected chi connectivity index (χ2v) is 7.90. The number of amides is 2. The van der Waals surface area contributed by atoms with E-state index in [9.17, 15) is 9.59 Å². The lowest BCUT2D eigenvalue weighted by Gasteiger charge is -2.09. The molecule has 0 radical (unpaired) electrons. The molecular formula is C19H17N3O3S2. The molecule has 0 atom stereocenters. The second-order valence-electron chi connectivity index (χ2n) is 6.39. The second kappa shape index (κ2) is 6.79. The van der Waals surface area contributed by atoms with Gasteiger partial charge in [0.05, 0.1) is 5.56 Å². The third kappa shape index (κ3) is 3.11. The Morgan fingerprint density at radius 3 is 2.78 bits per heavy atom. The summed E-state index contributed by atoms with van der Waals surface area (Å²) in [5, 5.41) is 7.13. The van der Waals surface area contributed by atoms with E-state index in [1.54, 1.807) is 0 Å². The quantitative estimate of drug-likeness (QED) is 0.586. The molecule has 138 valence electrons. The fourth-order valence-electron chi connectivity index (χ4n) is 3.44. The van der Waals surface area contributed by atoms with Crippen LogP contribution in [-0.4, -0.2) is 16.9 Å². The van der Waals surface area contributed by atoms with Crippen molar-refractivity contribution < 1.29 is 14.0 Å². The Morgan fingerprint density at radius 2 is 2.04 bits per heavy atom. The van der Waals surface area contributed by atoms with Gasteiger partial charge in [0.15, 0.2) is 10.9 Å². The van der Waals surface area contributed by atoms with Crippen LogP contribution in [0.4, 0.5) is 5.00 Å². The molecule has 1 aliphatic carbocycles. The molecule has 0 aliphatic heterocycles. The average Bonchev–Trinajstić information content (AvgIpc) is 3.28. The largest absolute Gasteiger partial charge is 0.451 e. The van der Waals surface area contributed by atoms with Crippen molar-refractivity contribution in [1.82, 2.24) is 5.32 Å². The van der Waals surface area contributed by atoms with E-state index in [4.69, 9.17) is 22.4 Å². The number of anilines is 1. The van der Waals surface area contributed by atoms with E-state index in [2.05, 4.69) is 10.6 Å². The molecule has 1 aromatic carbocycles. The first-order valence-corrected chi connectivity index (χ1v) is 9.73. The van der Waals surface area contributed by atoms with Crippen molar-refractivity contribution in [3.8, 4) is 0 Å². The van der Waals surface area contributed by atoms with Gasteiger partial charge in [0.25, 0.3) is 11.8 Å². The maximum atomic E-state index is 12.6. The molecular weight excluding hydrogens is 382 g/mol. The molecule has 2 heterocycles. The highest BCUT2D eigenvalue weighted by molar-refractivity contribution is 7.80. The molecule has 27 heavy (non-hydrogen) atoms. The van der Waals surface area contributed by atoms with E-state index in [1.807, 2.05) is 31.2 Å². The van der Waals surface area contributed by atoms with Crippen LogP contribution >= 0.6 is 23.6 Å². The zero-order valence-electron chi connectivity index (χ0n) is 14.5. The first kappa shape index (κ1) is 17.7. The third-order valence-electron chi connectivity index (χ3n) is 4.67. The number of thiophene rings is 1. The van der Waals surface area contributed by atoms with Gasteiger partial charge in [-0.25, -0.2) is 0 Å². The molecule has 3 aromatic rings. The summed E-state index contributed by atoms with van der Waals surface area (Å²) in [4.78, 5) is 25.6. The number of hydrogen-bond donors (Lipinski definition) is 3. The average molecular weight is 399 g/mol. The lowest BCUT2D eigenvalue weighted by atomic mass is 10.1. The molecule has 0 saturated heterocycles. The number of para-hydroxylation sites is 1. The Hall–Kier alpha value is -2.71. The Morgan fingerprint density at radius 1 is 1.26 bits per heavy atom. The molecule has 2 aromatic heterocycles. The highest BCUT2D eigenvalue weighted by Crippen LogP contribution is 2.38. The molecule has 4 rings (SSSR count). The van der Waals surface area contributed by atoms with Crippen molar-refractivity contribution in [2.24, 2.45) is 5.73 Å². The van der Waals surface area contributed by atoms with E-state index >= 15 is 0 Å². The summed E-state index contributed by atoms with van der Waals surface area (Å²) in [6.07, 6.45) is 2.79. The van der Waals surface area contributed by atoms with Crippen LogP contribution in [-0.2, 0) is 12.8 Å². The molecule has 0 fully saturated rings. The number of furan rings is 1. The SMILES string of the molecule is Cc1c(C(=O)NC(=S)Nc2sc3c(c2C(N)=O)CCC3)oc2ccccc12. The molecule has 1 aliphatic rings. The minimum absolute atomic E-state index is 0.0993. The van der Waals surface area contributed by atoms with Crippen molar-refractivity contribution in [2.45, 2.75) is 26.2 Å². The molecule has 8 heteroatoms. The van der Waals surface area contributed by atoms with Crippen molar-refractivity contribution >= 4 is 56.5 Å². The summed E-state index contributed by atoms with van der Waals surface area (Å²) in [6.45, 7) is 1.83. The van der Waals surface area contributed by atoms with Gasteiger partial charge in [-0.05, 0) is 50.0 Å². The molecule has 2 amide bonds. The third-order valence-corrected chi connectivity index (χ3v) is 6.08. The molecule has 4 N–H and O–H groups in total. The number of nitrogens with one attached hydrogen (secondary N) is 2. The molecule has 6 nitrogen and oxygen atoms in total. The first-order valence-electron chi connectivity index (χ1n) is 8.50. The van der Waals surface area contributed by atoms with Gasteiger partial charge in [0.1, 0.15) is 10.6 Å². The standard InChI is InChI=1S/C19H17N3O3S2/c1-9-10-5-2-3-7-12(10)25-15(9)17(24)21-19(26)22-18-14(16(20)23)11-6-4-8-13(11)27-18/h2-3,5,7H,4,6,8H2,1H3,(H2,20,23)(H2,21,22,24,26). The summed E-state index contributed by atoms with van der Waals surface area (Å²) in [7, 11) is 0. The van der Waals surface area contributed by atoms with Gasteiger partial charge in [-0.2, -0.15) is 0 Å². The lowest BCUT2D eigenvalue weighted by Crippen LogP contribution is -2.34. The van der Waals surface area contributed by atoms with Gasteiger partial charge < -0.3 is 15.5 Å². The molecule has 0 spiro atoms. The van der Waals surface area contributed by atoms with Crippen LogP contribution in [0.15, 0.2) is 28.7 Å². The topological polar surface area (TPSA) is 97.4 Å². The van der Waals surface area contributed by atoms with Gasteiger partial charge in [-0.1, -0.05) is 18.2 Å². The molecule has 0 bridgehead atoms. The van der Waals surface area contributed by atoms with Gasteiger partial charge in [-0.15, -0.1) is 11.3 Å². The number of thiocarbonyl (C=S) groups is 1. The number of aryl methyl sites for hydroxylation is 2. The number of carbonyl (C=O) groups excluding carboxylic acids is 2. The molecule has 0 unspecified atom stereocenters. The highest BCUT2D eigenvalue weighted by atomic mass is 32.1. The van der Waals surface area contributed by atoms with Crippen LogP contribution in [0.2, 0.25) is 0 Å². The number of carbonyl (C=O) groups is 2. The summed E-state index contributed by atoms with van der Waals surface area (Å²) >= 11 is 6.72. The summed E-state index contributed by atoms with van der Waals surface area (Å²) in [5.74, 6) is -0.714. The maximum Gasteiger partial charge on any atom is 0.293 e. The van der Waals surface area contributed by atoms with Crippen molar-refractivity contribution in [3.05, 3.63) is 51.6 Å². The Bertz CT molecular complexity index is 1100. The zero-order valence-corrected chi connectivity index (χ0v) is 16.2. The Labute approximate surface area is 164 Å². The minimum Gasteiger partial charge on any atom is -0.451 e. The highest BCUT2D eigenvalue weighted by Gasteiger charge is 2.26. The smallest absolute Gasteiger partial charge is 0.293 e. The first-order chi connectivity index (χ1) is 13.0. The monoisotopic (exact) mass is 399 g/mol. The van der Waals surface area contributed by atoms with Crippen LogP contribution in [0.1, 0.15) is 43.3 Å². The number of rotatable bonds is 3. The molecule has 0 saturated carbocycles. The zero-order chi connectivity index (χ0) is 19.1. The maximum absolute atomic E-state index is 12.6. The number of hydrogen-bond acceptors (Lipinski definition) is 5. The van der Waals surface area contributed by atoms with E-state index in [1.165, 1.54) is 11.3 Å². The summed E-state index contributed by atoms with van der Waals surface area (Å²) in [5.41, 5.74) is 8.41. The van der Waals surface area contributed by atoms with E-state index in [0.29, 0.717) is 16.1 Å². The summed E-state index contributed by atoms with van der Waals surface area (Å²) in [6, 6.07) is 7.44. The number of fused-ring (bicyclic) bond motifs is 2. The van der Waals surface area contributed by atoms with Crippen LogP contribution < -0.4 is 16.4 Å². The fourth-order valence-corrected chi connectivity index (χ4v) is 5.00. The normalized spacial score (nSPS) is 12.8. The van der Waals surface area contributed by atoms with Crippen LogP contribution in [0.3, 0.4) is 0 Å². The van der Waals surface area contributed by atoms with E-state index in [-0.39, 0.29) is 10.9 Å². The van der Waals surface area contributed by atoms with Crippen molar-refractivity contribution in [2.75, 3.05) is 5.32 Å². The van der Waals surface area contributed by atoms with Crippen LogP contribution in [0.25, 0.3) is 11.0 Å². The van der Waals surface area contributed by atoms with E-state index in [0.717, 1.165) is 40.7 Å². The van der Waals surface area contributed by atoms with Crippen molar-refractivity contribution in [1.29, 1.82) is 0 Å². The predicted octanol–water partition coefficient (Wildman–Crippen LogP) is 3.52. The van der Waals surface area contributed by atoms with Gasteiger partial charge in [0, 0.05) is 15.8 Å². The van der Waals surface area contributed by atoms with Crippen molar-refractivity contribution in [3.63, 3.8) is 0 Å². The lowest BCUT2D eigenvalue weighted by molar-refractivity contribution is 0.0951. The Balaban J connectivity index is 1.54. The predicted molar refractivity (Wildman–Crippen MR) is 109 cm³/mol. The fraction of sp³-hybridized carbons (Fsp3) is 0.211. The summed E-state index contributed by atoms with van der Waals surface area (Å²) < 4.78 is 5.65. The van der Waals surface area contributed by atoms with E-state index < -0.39 is 11.8 Å². The number of nitrogens with two attached hydrogens (primary N) is 1. The minimum atomic E-state index is -0.487. The van der Waals surface area contributed by atoms with Gasteiger partial charge in [0.2, 0.25) is 0 Å². The van der Waals surface area contributed by atoms with Gasteiger partial charge in [-0.3, -0.25) is 14.9 Å². The number of primary amides is 1. The van der Waals surface area contributed by atoms with Crippen LogP contribution in [0, 0.1) is 6.92 Å².